The SMILES string of the molecule is C#Cc1ccc(-c2c(-c3cc(C(=O)O)cc(-c4cc5ccc(-c6c(-c7cc(C(=O)O)ccn7)ncn6C)cc5[nH]4)n3)ncn2C)cc1. The molecule has 11 heteroatoms. The zero-order valence-corrected chi connectivity index (χ0v) is 25.1. The number of aromatic nitrogens is 7. The van der Waals surface area contributed by atoms with Crippen molar-refractivity contribution in [2.24, 2.45) is 14.1 Å². The number of fused-ring (bicyclic) bond motifs is 1. The molecule has 0 fully saturated rings. The average Bonchev–Trinajstić information content (AvgIpc) is 3.80. The Morgan fingerprint density at radius 1 is 0.723 bits per heavy atom. The third-order valence-electron chi connectivity index (χ3n) is 7.94. The molecule has 0 radical (unpaired) electrons. The number of hydrogen-bond donors (Lipinski definition) is 3. The number of benzene rings is 2. The molecule has 5 aromatic heterocycles. The molecule has 3 N–H and O–H groups in total. The van der Waals surface area contributed by atoms with E-state index in [0.717, 1.165) is 39.0 Å². The third kappa shape index (κ3) is 5.19. The van der Waals surface area contributed by atoms with Gasteiger partial charge in [-0.05, 0) is 48.5 Å². The van der Waals surface area contributed by atoms with Gasteiger partial charge in [0.15, 0.2) is 0 Å². The smallest absolute Gasteiger partial charge is 0.335 e. The van der Waals surface area contributed by atoms with Crippen LogP contribution in [-0.2, 0) is 14.1 Å². The number of hydrogen-bond acceptors (Lipinski definition) is 6. The van der Waals surface area contributed by atoms with Gasteiger partial charge in [0.25, 0.3) is 0 Å². The predicted molar refractivity (Wildman–Crippen MR) is 176 cm³/mol. The van der Waals surface area contributed by atoms with Crippen LogP contribution in [0.5, 0.6) is 0 Å². The second-order valence-corrected chi connectivity index (χ2v) is 11.0. The molecule has 0 saturated carbocycles. The number of nitrogens with zero attached hydrogens (tertiary/aromatic N) is 6. The van der Waals surface area contributed by atoms with Crippen molar-refractivity contribution in [2.45, 2.75) is 0 Å². The lowest BCUT2D eigenvalue weighted by Gasteiger charge is -2.09. The summed E-state index contributed by atoms with van der Waals surface area (Å²) in [7, 11) is 3.72. The average molecular weight is 620 g/mol. The molecule has 5 heterocycles. The topological polar surface area (TPSA) is 152 Å². The number of terminal acetylenes is 1. The number of rotatable bonds is 7. The number of H-pyrrole nitrogens is 1. The molecule has 11 nitrogen and oxygen atoms in total. The number of imidazole rings is 2. The minimum Gasteiger partial charge on any atom is -0.478 e. The zero-order chi connectivity index (χ0) is 32.8. The van der Waals surface area contributed by atoms with Crippen LogP contribution in [0.25, 0.3) is 67.6 Å². The van der Waals surface area contributed by atoms with Gasteiger partial charge in [-0.2, -0.15) is 0 Å². The fourth-order valence-electron chi connectivity index (χ4n) is 5.66. The third-order valence-corrected chi connectivity index (χ3v) is 7.94. The molecule has 0 aliphatic heterocycles. The van der Waals surface area contributed by atoms with E-state index in [1.807, 2.05) is 71.8 Å². The molecule has 0 bridgehead atoms. The van der Waals surface area contributed by atoms with Crippen molar-refractivity contribution in [1.29, 1.82) is 0 Å². The van der Waals surface area contributed by atoms with Crippen LogP contribution in [0, 0.1) is 12.3 Å². The number of carbonyl (C=O) groups is 2. The maximum atomic E-state index is 12.3. The molecule has 47 heavy (non-hydrogen) atoms. The highest BCUT2D eigenvalue weighted by Crippen LogP contribution is 2.35. The fourth-order valence-corrected chi connectivity index (χ4v) is 5.66. The summed E-state index contributed by atoms with van der Waals surface area (Å²) in [5, 5.41) is 20.4. The number of pyridine rings is 2. The van der Waals surface area contributed by atoms with E-state index < -0.39 is 11.9 Å². The monoisotopic (exact) mass is 619 g/mol. The van der Waals surface area contributed by atoms with Crippen LogP contribution in [0.2, 0.25) is 0 Å². The molecule has 228 valence electrons. The van der Waals surface area contributed by atoms with Crippen molar-refractivity contribution in [2.75, 3.05) is 0 Å². The van der Waals surface area contributed by atoms with Gasteiger partial charge in [-0.25, -0.2) is 24.5 Å². The minimum atomic E-state index is -1.09. The molecule has 2 aromatic carbocycles. The van der Waals surface area contributed by atoms with E-state index in [0.29, 0.717) is 34.2 Å². The number of carboxylic acid groups (broad SMARTS) is 2. The van der Waals surface area contributed by atoms with Crippen molar-refractivity contribution < 1.29 is 19.8 Å². The van der Waals surface area contributed by atoms with Gasteiger partial charge < -0.3 is 24.3 Å². The van der Waals surface area contributed by atoms with Crippen LogP contribution < -0.4 is 0 Å². The summed E-state index contributed by atoms with van der Waals surface area (Å²) >= 11 is 0. The number of aromatic amines is 1. The summed E-state index contributed by atoms with van der Waals surface area (Å²) in [6.45, 7) is 0. The summed E-state index contributed by atoms with van der Waals surface area (Å²) in [5.41, 5.74) is 7.92. The van der Waals surface area contributed by atoms with Crippen LogP contribution in [-0.4, -0.2) is 56.2 Å². The van der Waals surface area contributed by atoms with E-state index in [1.165, 1.54) is 30.5 Å². The van der Waals surface area contributed by atoms with Crippen LogP contribution in [0.1, 0.15) is 26.3 Å². The van der Waals surface area contributed by atoms with E-state index in [9.17, 15) is 19.8 Å². The second kappa shape index (κ2) is 11.3. The Bertz CT molecular complexity index is 2410. The minimum absolute atomic E-state index is 0.0687. The molecule has 7 rings (SSSR count). The molecular formula is C36H25N7O4. The summed E-state index contributed by atoms with van der Waals surface area (Å²) in [6.07, 6.45) is 10.3. The van der Waals surface area contributed by atoms with Crippen molar-refractivity contribution in [1.82, 2.24) is 34.1 Å². The van der Waals surface area contributed by atoms with Gasteiger partial charge in [0.05, 0.1) is 57.9 Å². The lowest BCUT2D eigenvalue weighted by atomic mass is 10.0. The fraction of sp³-hybridized carbons (Fsp3) is 0.0556. The first-order valence-electron chi connectivity index (χ1n) is 14.4. The Morgan fingerprint density at radius 3 is 2.02 bits per heavy atom. The van der Waals surface area contributed by atoms with E-state index in [4.69, 9.17) is 11.4 Å². The quantitative estimate of drug-likeness (QED) is 0.180. The van der Waals surface area contributed by atoms with Crippen LogP contribution in [0.4, 0.5) is 0 Å². The van der Waals surface area contributed by atoms with Gasteiger partial charge in [0, 0.05) is 47.9 Å². The van der Waals surface area contributed by atoms with Crippen molar-refractivity contribution in [3.8, 4) is 69.0 Å². The lowest BCUT2D eigenvalue weighted by molar-refractivity contribution is 0.0686. The molecular weight excluding hydrogens is 594 g/mol. The van der Waals surface area contributed by atoms with Gasteiger partial charge in [-0.15, -0.1) is 6.42 Å². The van der Waals surface area contributed by atoms with Gasteiger partial charge >= 0.3 is 11.9 Å². The normalized spacial score (nSPS) is 11.1. The largest absolute Gasteiger partial charge is 0.478 e. The maximum absolute atomic E-state index is 12.3. The first kappa shape index (κ1) is 28.9. The Hall–Kier alpha value is -6.80. The van der Waals surface area contributed by atoms with Gasteiger partial charge in [0.1, 0.15) is 11.4 Å². The zero-order valence-electron chi connectivity index (χ0n) is 25.1. The number of carboxylic acids is 2. The van der Waals surface area contributed by atoms with Gasteiger partial charge in [-0.3, -0.25) is 4.98 Å². The highest BCUT2D eigenvalue weighted by Gasteiger charge is 2.20. The molecule has 0 aliphatic rings. The molecule has 0 atom stereocenters. The maximum Gasteiger partial charge on any atom is 0.335 e. The summed E-state index contributed by atoms with van der Waals surface area (Å²) in [6, 6.07) is 21.2. The molecule has 7 aromatic rings. The lowest BCUT2D eigenvalue weighted by Crippen LogP contribution is -2.01. The highest BCUT2D eigenvalue weighted by molar-refractivity contribution is 5.94. The summed E-state index contributed by atoms with van der Waals surface area (Å²) in [5.74, 6) is 0.479. The van der Waals surface area contributed by atoms with E-state index in [-0.39, 0.29) is 11.1 Å². The highest BCUT2D eigenvalue weighted by atomic mass is 16.4. The Morgan fingerprint density at radius 2 is 1.34 bits per heavy atom. The number of aromatic carboxylic acids is 2. The molecule has 0 saturated heterocycles. The van der Waals surface area contributed by atoms with Gasteiger partial charge in [-0.1, -0.05) is 30.2 Å². The van der Waals surface area contributed by atoms with Crippen molar-refractivity contribution >= 4 is 22.8 Å². The molecule has 0 unspecified atom stereocenters. The number of nitrogens with one attached hydrogen (secondary N) is 1. The Balaban J connectivity index is 1.31. The predicted octanol–water partition coefficient (Wildman–Crippen LogP) is 6.14. The van der Waals surface area contributed by atoms with Crippen LogP contribution in [0.15, 0.2) is 91.6 Å². The van der Waals surface area contributed by atoms with Gasteiger partial charge in [0.2, 0.25) is 0 Å². The first-order valence-corrected chi connectivity index (χ1v) is 14.4. The van der Waals surface area contributed by atoms with Crippen molar-refractivity contribution in [3.05, 3.63) is 108 Å². The van der Waals surface area contributed by atoms with E-state index in [1.54, 1.807) is 12.7 Å². The summed E-state index contributed by atoms with van der Waals surface area (Å²) in [4.78, 5) is 45.6. The Kier molecular flexibility index (Phi) is 6.95. The first-order chi connectivity index (χ1) is 22.7. The van der Waals surface area contributed by atoms with Crippen LogP contribution in [0.3, 0.4) is 0 Å². The van der Waals surface area contributed by atoms with Crippen LogP contribution >= 0.6 is 0 Å². The second-order valence-electron chi connectivity index (χ2n) is 11.0. The van der Waals surface area contributed by atoms with Crippen molar-refractivity contribution in [3.63, 3.8) is 0 Å². The van der Waals surface area contributed by atoms with E-state index >= 15 is 0 Å². The standard InChI is InChI=1S/C36H25N7O4/c1-4-20-5-7-21(8-6-20)33-32(39-19-42(33)2)30-17-25(36(46)47)16-28(41-30)27-13-22-9-10-23(14-26(22)40-27)34-31(38-18-43(34)3)29-15-24(35(44)45)11-12-37-29/h1,5-19,40H,2-3H3,(H,44,45)(H,46,47). The Labute approximate surface area is 267 Å². The number of aryl methyl sites for hydroxylation is 2. The molecule has 0 amide bonds. The van der Waals surface area contributed by atoms with E-state index in [2.05, 4.69) is 25.9 Å². The molecule has 0 spiro atoms. The molecule has 0 aliphatic carbocycles. The summed E-state index contributed by atoms with van der Waals surface area (Å²) < 4.78 is 3.71.